The topological polar surface area (TPSA) is 61.4 Å². The fraction of sp³-hybridized carbons (Fsp3) is 0.615. The van der Waals surface area contributed by atoms with Gasteiger partial charge >= 0.3 is 0 Å². The molecule has 1 heterocycles. The summed E-state index contributed by atoms with van der Waals surface area (Å²) in [6.07, 6.45) is 10.8. The SMILES string of the molecule is O=C(NCCCCN1CCCC1)[C@H]1[C@H](C(=O)NCc2c(F)cc(Br)cc2F)[C@@H]2C=C[C@H]1C21CC1. The van der Waals surface area contributed by atoms with Crippen molar-refractivity contribution >= 4 is 27.7 Å². The van der Waals surface area contributed by atoms with Gasteiger partial charge in [-0.1, -0.05) is 28.1 Å². The van der Waals surface area contributed by atoms with E-state index in [0.717, 1.165) is 32.2 Å². The molecule has 1 aromatic carbocycles. The summed E-state index contributed by atoms with van der Waals surface area (Å²) < 4.78 is 28.8. The number of amides is 2. The van der Waals surface area contributed by atoms with Crippen LogP contribution in [0.4, 0.5) is 8.78 Å². The normalized spacial score (nSPS) is 28.6. The third-order valence-corrected chi connectivity index (χ3v) is 8.85. The van der Waals surface area contributed by atoms with Crippen LogP contribution in [0.15, 0.2) is 28.8 Å². The third kappa shape index (κ3) is 4.43. The maximum atomic E-state index is 14.2. The van der Waals surface area contributed by atoms with E-state index in [9.17, 15) is 18.4 Å². The van der Waals surface area contributed by atoms with Crippen LogP contribution in [-0.4, -0.2) is 42.9 Å². The molecule has 0 unspecified atom stereocenters. The molecule has 0 radical (unpaired) electrons. The number of likely N-dealkylation sites (tertiary alicyclic amines) is 1. The number of unbranched alkanes of at least 4 members (excludes halogenated alkanes) is 1. The smallest absolute Gasteiger partial charge is 0.224 e. The maximum Gasteiger partial charge on any atom is 0.224 e. The Balaban J connectivity index is 1.20. The van der Waals surface area contributed by atoms with Crippen molar-refractivity contribution in [2.24, 2.45) is 29.1 Å². The Kier molecular flexibility index (Phi) is 6.81. The molecule has 3 aliphatic carbocycles. The van der Waals surface area contributed by atoms with Gasteiger partial charge < -0.3 is 15.5 Å². The predicted octanol–water partition coefficient (Wildman–Crippen LogP) is 4.16. The summed E-state index contributed by atoms with van der Waals surface area (Å²) in [7, 11) is 0. The molecular weight excluding hydrogens is 504 g/mol. The largest absolute Gasteiger partial charge is 0.356 e. The van der Waals surface area contributed by atoms with Crippen LogP contribution in [0.25, 0.3) is 0 Å². The number of nitrogens with one attached hydrogen (secondary N) is 2. The van der Waals surface area contributed by atoms with Crippen LogP contribution < -0.4 is 10.6 Å². The van der Waals surface area contributed by atoms with E-state index in [2.05, 4.69) is 43.6 Å². The summed E-state index contributed by atoms with van der Waals surface area (Å²) in [5, 5.41) is 5.82. The van der Waals surface area contributed by atoms with Gasteiger partial charge in [-0.15, -0.1) is 0 Å². The molecule has 1 aliphatic heterocycles. The van der Waals surface area contributed by atoms with Crippen LogP contribution in [-0.2, 0) is 16.1 Å². The lowest BCUT2D eigenvalue weighted by Gasteiger charge is -2.26. The average molecular weight is 536 g/mol. The van der Waals surface area contributed by atoms with Gasteiger partial charge in [-0.25, -0.2) is 8.78 Å². The first kappa shape index (κ1) is 23.9. The fourth-order valence-corrected chi connectivity index (χ4v) is 6.94. The van der Waals surface area contributed by atoms with Crippen molar-refractivity contribution in [3.8, 4) is 0 Å². The van der Waals surface area contributed by atoms with Crippen LogP contribution in [0.5, 0.6) is 0 Å². The highest BCUT2D eigenvalue weighted by Crippen LogP contribution is 2.72. The van der Waals surface area contributed by atoms with Crippen LogP contribution in [0, 0.1) is 40.7 Å². The van der Waals surface area contributed by atoms with E-state index in [1.807, 2.05) is 0 Å². The number of halogens is 3. The number of benzene rings is 1. The molecule has 1 aromatic rings. The molecule has 1 spiro atoms. The molecule has 2 amide bonds. The molecule has 2 bridgehead atoms. The average Bonchev–Trinajstić information content (AvgIpc) is 3.15. The van der Waals surface area contributed by atoms with Crippen LogP contribution in [0.3, 0.4) is 0 Å². The number of carbonyl (C=O) groups is 2. The Bertz CT molecular complexity index is 967. The first-order chi connectivity index (χ1) is 16.4. The molecule has 5 rings (SSSR count). The number of allylic oxidation sites excluding steroid dienone is 2. The van der Waals surface area contributed by atoms with Gasteiger partial charge in [0.2, 0.25) is 11.8 Å². The zero-order chi connectivity index (χ0) is 23.9. The van der Waals surface area contributed by atoms with Crippen molar-refractivity contribution in [1.82, 2.24) is 15.5 Å². The van der Waals surface area contributed by atoms with Crippen molar-refractivity contribution in [3.05, 3.63) is 46.0 Å². The minimum Gasteiger partial charge on any atom is -0.356 e. The molecule has 8 heteroatoms. The van der Waals surface area contributed by atoms with Gasteiger partial charge in [0.25, 0.3) is 0 Å². The Morgan fingerprint density at radius 1 is 0.971 bits per heavy atom. The van der Waals surface area contributed by atoms with Crippen LogP contribution in [0.2, 0.25) is 0 Å². The van der Waals surface area contributed by atoms with E-state index in [-0.39, 0.29) is 41.2 Å². The summed E-state index contributed by atoms with van der Waals surface area (Å²) in [6.45, 7) is 3.80. The second kappa shape index (κ2) is 9.69. The monoisotopic (exact) mass is 535 g/mol. The van der Waals surface area contributed by atoms with Gasteiger partial charge in [-0.05, 0) is 87.5 Å². The molecule has 184 valence electrons. The van der Waals surface area contributed by atoms with Crippen molar-refractivity contribution < 1.29 is 18.4 Å². The molecule has 2 saturated carbocycles. The van der Waals surface area contributed by atoms with Crippen LogP contribution >= 0.6 is 15.9 Å². The molecule has 5 nitrogen and oxygen atoms in total. The summed E-state index contributed by atoms with van der Waals surface area (Å²) in [5.74, 6) is -2.60. The molecule has 0 aromatic heterocycles. The molecule has 2 N–H and O–H groups in total. The van der Waals surface area contributed by atoms with Crippen molar-refractivity contribution in [2.45, 2.75) is 45.1 Å². The molecule has 1 saturated heterocycles. The second-order valence-corrected chi connectivity index (χ2v) is 11.2. The van der Waals surface area contributed by atoms with Crippen LogP contribution in [0.1, 0.15) is 44.1 Å². The minimum atomic E-state index is -0.707. The van der Waals surface area contributed by atoms with Gasteiger partial charge in [-0.2, -0.15) is 0 Å². The zero-order valence-corrected chi connectivity index (χ0v) is 20.9. The van der Waals surface area contributed by atoms with E-state index >= 15 is 0 Å². The Labute approximate surface area is 207 Å². The van der Waals surface area contributed by atoms with Gasteiger partial charge in [0.05, 0.1) is 11.8 Å². The number of hydrogen-bond donors (Lipinski definition) is 2. The predicted molar refractivity (Wildman–Crippen MR) is 129 cm³/mol. The zero-order valence-electron chi connectivity index (χ0n) is 19.3. The van der Waals surface area contributed by atoms with E-state index in [1.165, 1.54) is 38.1 Å². The fourth-order valence-electron chi connectivity index (χ4n) is 6.54. The minimum absolute atomic E-state index is 0.0167. The highest BCUT2D eigenvalue weighted by molar-refractivity contribution is 9.10. The van der Waals surface area contributed by atoms with Gasteiger partial charge in [0.15, 0.2) is 0 Å². The summed E-state index contributed by atoms with van der Waals surface area (Å²) in [4.78, 5) is 29.0. The van der Waals surface area contributed by atoms with Gasteiger partial charge in [-0.3, -0.25) is 9.59 Å². The van der Waals surface area contributed by atoms with Crippen molar-refractivity contribution in [2.75, 3.05) is 26.2 Å². The van der Waals surface area contributed by atoms with Gasteiger partial charge in [0, 0.05) is 23.1 Å². The molecular formula is C26H32BrF2N3O2. The molecule has 34 heavy (non-hydrogen) atoms. The summed E-state index contributed by atoms with van der Waals surface area (Å²) in [5.41, 5.74) is -0.149. The van der Waals surface area contributed by atoms with E-state index in [0.29, 0.717) is 11.0 Å². The number of rotatable bonds is 9. The van der Waals surface area contributed by atoms with E-state index in [4.69, 9.17) is 0 Å². The molecule has 4 atom stereocenters. The first-order valence-corrected chi connectivity index (χ1v) is 13.3. The Hall–Kier alpha value is -1.80. The quantitative estimate of drug-likeness (QED) is 0.368. The highest BCUT2D eigenvalue weighted by atomic mass is 79.9. The lowest BCUT2D eigenvalue weighted by molar-refractivity contribution is -0.135. The van der Waals surface area contributed by atoms with E-state index < -0.39 is 23.5 Å². The third-order valence-electron chi connectivity index (χ3n) is 8.39. The maximum absolute atomic E-state index is 14.2. The Morgan fingerprint density at radius 2 is 1.56 bits per heavy atom. The highest BCUT2D eigenvalue weighted by Gasteiger charge is 2.69. The molecule has 4 aliphatic rings. The summed E-state index contributed by atoms with van der Waals surface area (Å²) >= 11 is 3.07. The number of nitrogens with zero attached hydrogens (tertiary/aromatic N) is 1. The lowest BCUT2D eigenvalue weighted by Crippen LogP contribution is -2.44. The summed E-state index contributed by atoms with van der Waals surface area (Å²) in [6, 6.07) is 2.37. The number of carbonyl (C=O) groups excluding carboxylic acids is 2. The van der Waals surface area contributed by atoms with E-state index in [1.54, 1.807) is 0 Å². The second-order valence-electron chi connectivity index (χ2n) is 10.3. The van der Waals surface area contributed by atoms with Crippen molar-refractivity contribution in [3.63, 3.8) is 0 Å². The first-order valence-electron chi connectivity index (χ1n) is 12.5. The number of hydrogen-bond acceptors (Lipinski definition) is 3. The van der Waals surface area contributed by atoms with Gasteiger partial charge in [0.1, 0.15) is 11.6 Å². The van der Waals surface area contributed by atoms with Crippen molar-refractivity contribution in [1.29, 1.82) is 0 Å². The molecule has 3 fully saturated rings. The standard InChI is InChI=1S/C26H32BrF2N3O2/c27-16-13-20(28)17(21(29)14-16)15-31-25(34)23-19-6-5-18(26(19)7-8-26)22(23)24(33)30-9-1-2-10-32-11-3-4-12-32/h5-6,13-14,18-19,22-23H,1-4,7-12,15H2,(H,30,33)(H,31,34)/t18-,19+,22-,23-/m1/s1. The Morgan fingerprint density at radius 3 is 2.15 bits per heavy atom. The lowest BCUT2D eigenvalue weighted by atomic mass is 9.81.